The van der Waals surface area contributed by atoms with Crippen molar-refractivity contribution < 1.29 is 8.78 Å². The number of hydrogen-bond acceptors (Lipinski definition) is 6. The molecule has 0 radical (unpaired) electrons. The lowest BCUT2D eigenvalue weighted by atomic mass is 10.2. The van der Waals surface area contributed by atoms with Gasteiger partial charge in [-0.25, -0.2) is 28.7 Å². The Kier molecular flexibility index (Phi) is 4.39. The summed E-state index contributed by atoms with van der Waals surface area (Å²) in [4.78, 5) is 33.3. The van der Waals surface area contributed by atoms with Crippen LogP contribution in [0.3, 0.4) is 0 Å². The van der Waals surface area contributed by atoms with Gasteiger partial charge in [0.1, 0.15) is 29.3 Å². The summed E-state index contributed by atoms with van der Waals surface area (Å²) in [5.41, 5.74) is 1.38. The minimum atomic E-state index is -0.543. The summed E-state index contributed by atoms with van der Waals surface area (Å²) in [5, 5.41) is 3.34. The highest BCUT2D eigenvalue weighted by Crippen LogP contribution is 2.24. The predicted octanol–water partition coefficient (Wildman–Crippen LogP) is 3.50. The number of imidazole rings is 1. The topological polar surface area (TPSA) is 101 Å². The van der Waals surface area contributed by atoms with Crippen LogP contribution >= 0.6 is 0 Å². The summed E-state index contributed by atoms with van der Waals surface area (Å²) in [6, 6.07) is 8.77. The first-order valence-corrected chi connectivity index (χ1v) is 9.40. The Morgan fingerprint density at radius 1 is 1.03 bits per heavy atom. The molecule has 2 aromatic carbocycles. The monoisotopic (exact) mass is 419 g/mol. The van der Waals surface area contributed by atoms with Crippen molar-refractivity contribution in [2.24, 2.45) is 0 Å². The van der Waals surface area contributed by atoms with Gasteiger partial charge in [-0.3, -0.25) is 9.36 Å². The Bertz CT molecular complexity index is 1480. The fraction of sp³-hybridized carbons (Fsp3) is 0.0952. The lowest BCUT2D eigenvalue weighted by molar-refractivity contribution is 0.626. The van der Waals surface area contributed by atoms with Gasteiger partial charge >= 0.3 is 0 Å². The molecular weight excluding hydrogens is 404 g/mol. The number of aromatic amines is 1. The molecule has 154 valence electrons. The number of fused-ring (bicyclic) bond motifs is 2. The third-order valence-corrected chi connectivity index (χ3v) is 4.90. The van der Waals surface area contributed by atoms with Gasteiger partial charge in [0, 0.05) is 0 Å². The molecule has 0 bridgehead atoms. The van der Waals surface area contributed by atoms with E-state index in [0.29, 0.717) is 34.0 Å². The van der Waals surface area contributed by atoms with E-state index in [0.717, 1.165) is 6.07 Å². The van der Waals surface area contributed by atoms with Crippen molar-refractivity contribution in [1.82, 2.24) is 29.5 Å². The Morgan fingerprint density at radius 3 is 2.61 bits per heavy atom. The number of H-pyrrole nitrogens is 1. The van der Waals surface area contributed by atoms with E-state index in [1.807, 2.05) is 6.92 Å². The molecule has 0 saturated carbocycles. The molecule has 3 aromatic heterocycles. The predicted molar refractivity (Wildman–Crippen MR) is 111 cm³/mol. The normalized spacial score (nSPS) is 12.4. The molecule has 0 fully saturated rings. The summed E-state index contributed by atoms with van der Waals surface area (Å²) >= 11 is 0. The van der Waals surface area contributed by atoms with Crippen molar-refractivity contribution in [2.75, 3.05) is 5.32 Å². The first-order valence-electron chi connectivity index (χ1n) is 9.40. The van der Waals surface area contributed by atoms with E-state index in [9.17, 15) is 13.6 Å². The molecule has 0 aliphatic carbocycles. The number of benzene rings is 2. The van der Waals surface area contributed by atoms with E-state index in [1.165, 1.54) is 53.6 Å². The molecule has 0 spiro atoms. The SMILES string of the molecule is CC(Nc1ncnc2nc[nH]c12)c1nc2ccc(F)cc2c(=O)n1-c1ccc(F)cc1. The van der Waals surface area contributed by atoms with Crippen LogP contribution in [0.25, 0.3) is 27.8 Å². The van der Waals surface area contributed by atoms with Crippen LogP contribution in [0.15, 0.2) is 59.9 Å². The second-order valence-electron chi connectivity index (χ2n) is 6.94. The highest BCUT2D eigenvalue weighted by Gasteiger charge is 2.20. The Balaban J connectivity index is 1.70. The van der Waals surface area contributed by atoms with Gasteiger partial charge in [0.25, 0.3) is 5.56 Å². The number of halogens is 2. The van der Waals surface area contributed by atoms with Gasteiger partial charge in [0.05, 0.1) is 29.0 Å². The van der Waals surface area contributed by atoms with Gasteiger partial charge in [-0.2, -0.15) is 0 Å². The molecule has 1 unspecified atom stereocenters. The molecule has 0 saturated heterocycles. The zero-order chi connectivity index (χ0) is 21.5. The minimum Gasteiger partial charge on any atom is -0.358 e. The van der Waals surface area contributed by atoms with Crippen molar-refractivity contribution in [2.45, 2.75) is 13.0 Å². The lowest BCUT2D eigenvalue weighted by Gasteiger charge is -2.20. The maximum absolute atomic E-state index is 13.8. The average Bonchev–Trinajstić information content (AvgIpc) is 3.25. The molecule has 8 nitrogen and oxygen atoms in total. The fourth-order valence-electron chi connectivity index (χ4n) is 3.45. The number of hydrogen-bond donors (Lipinski definition) is 2. The van der Waals surface area contributed by atoms with E-state index >= 15 is 0 Å². The number of anilines is 1. The van der Waals surface area contributed by atoms with Gasteiger partial charge in [-0.1, -0.05) is 0 Å². The van der Waals surface area contributed by atoms with E-state index in [-0.39, 0.29) is 5.39 Å². The molecule has 5 aromatic rings. The van der Waals surface area contributed by atoms with Gasteiger partial charge in [-0.05, 0) is 49.4 Å². The summed E-state index contributed by atoms with van der Waals surface area (Å²) in [6.45, 7) is 1.81. The summed E-state index contributed by atoms with van der Waals surface area (Å²) in [5.74, 6) is -0.151. The quantitative estimate of drug-likeness (QED) is 0.462. The van der Waals surface area contributed by atoms with E-state index in [4.69, 9.17) is 0 Å². The lowest BCUT2D eigenvalue weighted by Crippen LogP contribution is -2.27. The summed E-state index contributed by atoms with van der Waals surface area (Å²) in [6.07, 6.45) is 2.88. The van der Waals surface area contributed by atoms with Crippen molar-refractivity contribution in [1.29, 1.82) is 0 Å². The third-order valence-electron chi connectivity index (χ3n) is 4.90. The Hall–Kier alpha value is -4.21. The minimum absolute atomic E-state index is 0.123. The van der Waals surface area contributed by atoms with Crippen LogP contribution in [0.5, 0.6) is 0 Å². The largest absolute Gasteiger partial charge is 0.358 e. The number of aromatic nitrogens is 6. The second-order valence-corrected chi connectivity index (χ2v) is 6.94. The van der Waals surface area contributed by atoms with E-state index in [1.54, 1.807) is 0 Å². The molecule has 3 heterocycles. The maximum atomic E-state index is 13.8. The molecule has 10 heteroatoms. The molecule has 31 heavy (non-hydrogen) atoms. The van der Waals surface area contributed by atoms with Crippen molar-refractivity contribution >= 4 is 27.9 Å². The summed E-state index contributed by atoms with van der Waals surface area (Å²) < 4.78 is 28.6. The van der Waals surface area contributed by atoms with Crippen molar-refractivity contribution in [3.63, 3.8) is 0 Å². The van der Waals surface area contributed by atoms with Crippen LogP contribution in [0.1, 0.15) is 18.8 Å². The molecule has 0 aliphatic heterocycles. The third kappa shape index (κ3) is 3.27. The van der Waals surface area contributed by atoms with Crippen LogP contribution in [0.2, 0.25) is 0 Å². The van der Waals surface area contributed by atoms with Crippen molar-refractivity contribution in [3.8, 4) is 5.69 Å². The van der Waals surface area contributed by atoms with Gasteiger partial charge in [-0.15, -0.1) is 0 Å². The second kappa shape index (κ2) is 7.24. The molecule has 1 atom stereocenters. The highest BCUT2D eigenvalue weighted by molar-refractivity contribution is 5.82. The Morgan fingerprint density at radius 2 is 1.81 bits per heavy atom. The first-order chi connectivity index (χ1) is 15.0. The van der Waals surface area contributed by atoms with Crippen LogP contribution in [-0.2, 0) is 0 Å². The molecular formula is C21H15F2N7O. The highest BCUT2D eigenvalue weighted by atomic mass is 19.1. The average molecular weight is 419 g/mol. The summed E-state index contributed by atoms with van der Waals surface area (Å²) in [7, 11) is 0. The van der Waals surface area contributed by atoms with E-state index < -0.39 is 23.2 Å². The van der Waals surface area contributed by atoms with Crippen LogP contribution in [-0.4, -0.2) is 29.5 Å². The standard InChI is InChI=1S/C21H15F2N7O/c1-11(28-19-17-18(25-9-24-17)26-10-27-19)20-29-16-7-4-13(23)8-15(16)21(31)30(20)14-5-2-12(22)3-6-14/h2-11H,1H3,(H2,24,25,26,27,28). The molecule has 2 N–H and O–H groups in total. The molecule has 0 amide bonds. The zero-order valence-corrected chi connectivity index (χ0v) is 16.2. The maximum Gasteiger partial charge on any atom is 0.266 e. The van der Waals surface area contributed by atoms with Crippen molar-refractivity contribution in [3.05, 3.63) is 82.9 Å². The molecule has 0 aliphatic rings. The number of rotatable bonds is 4. The first kappa shape index (κ1) is 18.8. The molecule has 5 rings (SSSR count). The van der Waals surface area contributed by atoms with Crippen LogP contribution in [0.4, 0.5) is 14.6 Å². The van der Waals surface area contributed by atoms with E-state index in [2.05, 4.69) is 30.2 Å². The smallest absolute Gasteiger partial charge is 0.266 e. The Labute approximate surface area is 173 Å². The number of nitrogens with one attached hydrogen (secondary N) is 2. The number of nitrogens with zero attached hydrogens (tertiary/aromatic N) is 5. The zero-order valence-electron chi connectivity index (χ0n) is 16.2. The van der Waals surface area contributed by atoms with Crippen LogP contribution in [0, 0.1) is 11.6 Å². The van der Waals surface area contributed by atoms with Gasteiger partial charge in [0.15, 0.2) is 11.5 Å². The van der Waals surface area contributed by atoms with Gasteiger partial charge < -0.3 is 10.3 Å². The van der Waals surface area contributed by atoms with Crippen LogP contribution < -0.4 is 10.9 Å². The fourth-order valence-corrected chi connectivity index (χ4v) is 3.45. The van der Waals surface area contributed by atoms with Gasteiger partial charge in [0.2, 0.25) is 0 Å².